The summed E-state index contributed by atoms with van der Waals surface area (Å²) in [5.41, 5.74) is 2.85. The number of fused-ring (bicyclic) bond motifs is 1. The highest BCUT2D eigenvalue weighted by atomic mass is 32.1. The van der Waals surface area contributed by atoms with Crippen molar-refractivity contribution in [3.05, 3.63) is 35.4 Å². The Morgan fingerprint density at radius 1 is 1.21 bits per heavy atom. The Bertz CT molecular complexity index is 824. The quantitative estimate of drug-likeness (QED) is 0.574. The third-order valence-electron chi connectivity index (χ3n) is 6.79. The predicted octanol–water partition coefficient (Wildman–Crippen LogP) is 2.29. The Balaban J connectivity index is 1.35. The second-order valence-electron chi connectivity index (χ2n) is 8.55. The number of rotatable bonds is 6. The highest BCUT2D eigenvalue weighted by Crippen LogP contribution is 2.30. The zero-order valence-corrected chi connectivity index (χ0v) is 17.5. The summed E-state index contributed by atoms with van der Waals surface area (Å²) in [6.07, 6.45) is 6.86. The van der Waals surface area contributed by atoms with Crippen molar-refractivity contribution in [2.24, 2.45) is 11.8 Å². The van der Waals surface area contributed by atoms with E-state index in [0.717, 1.165) is 38.4 Å². The van der Waals surface area contributed by atoms with E-state index in [0.29, 0.717) is 36.7 Å². The molecule has 2 fully saturated rings. The molecule has 2 heterocycles. The second-order valence-corrected chi connectivity index (χ2v) is 9.07. The average molecular weight is 413 g/mol. The third kappa shape index (κ3) is 4.19. The lowest BCUT2D eigenvalue weighted by Gasteiger charge is -2.28. The molecule has 2 aliphatic heterocycles. The summed E-state index contributed by atoms with van der Waals surface area (Å²) in [6, 6.07) is 7.59. The number of nitrogens with one attached hydrogen (secondary N) is 1. The van der Waals surface area contributed by atoms with Gasteiger partial charge in [-0.2, -0.15) is 0 Å². The average Bonchev–Trinajstić information content (AvgIpc) is 3.38. The smallest absolute Gasteiger partial charge is 0.223 e. The molecule has 3 aliphatic rings. The van der Waals surface area contributed by atoms with Crippen LogP contribution in [0, 0.1) is 11.8 Å². The van der Waals surface area contributed by atoms with E-state index in [1.54, 1.807) is 4.90 Å². The van der Waals surface area contributed by atoms with Crippen molar-refractivity contribution in [2.45, 2.75) is 57.0 Å². The van der Waals surface area contributed by atoms with Crippen molar-refractivity contribution < 1.29 is 14.4 Å². The Hall–Kier alpha value is -1.92. The van der Waals surface area contributed by atoms with E-state index in [9.17, 15) is 14.4 Å². The van der Waals surface area contributed by atoms with Crippen LogP contribution >= 0.6 is 12.2 Å². The molecule has 1 aromatic carbocycles. The number of ketones is 1. The number of Topliss-reactive ketones (excluding diaryl/α,β-unsaturated/α-hetero) is 1. The molecule has 29 heavy (non-hydrogen) atoms. The SMILES string of the molecule is O=C[C@H]1NCC(=S)C1C(=O)[C@@H]1CCCN1C(=O)CC[C@H]1CCc2ccccc2C1. The van der Waals surface area contributed by atoms with Crippen LogP contribution in [0.15, 0.2) is 24.3 Å². The maximum absolute atomic E-state index is 13.1. The number of carbonyl (C=O) groups is 3. The minimum absolute atomic E-state index is 0.0606. The van der Waals surface area contributed by atoms with Crippen molar-refractivity contribution in [3.63, 3.8) is 0 Å². The first-order chi connectivity index (χ1) is 14.1. The summed E-state index contributed by atoms with van der Waals surface area (Å²) in [4.78, 5) is 39.7. The van der Waals surface area contributed by atoms with Gasteiger partial charge in [0.2, 0.25) is 5.91 Å². The van der Waals surface area contributed by atoms with Gasteiger partial charge in [0, 0.05) is 24.4 Å². The molecule has 6 heteroatoms. The van der Waals surface area contributed by atoms with Crippen LogP contribution in [-0.4, -0.2) is 52.9 Å². The number of hydrogen-bond donors (Lipinski definition) is 1. The fraction of sp³-hybridized carbons (Fsp3) is 0.565. The largest absolute Gasteiger partial charge is 0.333 e. The summed E-state index contributed by atoms with van der Waals surface area (Å²) >= 11 is 5.32. The third-order valence-corrected chi connectivity index (χ3v) is 7.19. The van der Waals surface area contributed by atoms with Gasteiger partial charge in [0.15, 0.2) is 5.78 Å². The van der Waals surface area contributed by atoms with Crippen LogP contribution in [0.2, 0.25) is 0 Å². The molecule has 1 aromatic rings. The van der Waals surface area contributed by atoms with Gasteiger partial charge < -0.3 is 15.0 Å². The van der Waals surface area contributed by atoms with Gasteiger partial charge in [0.05, 0.1) is 18.0 Å². The molecule has 0 radical (unpaired) electrons. The molecule has 2 saturated heterocycles. The summed E-state index contributed by atoms with van der Waals surface area (Å²) in [5, 5.41) is 3.00. The number of aryl methyl sites for hydroxylation is 1. The first-order valence-electron chi connectivity index (χ1n) is 10.7. The molecule has 1 aliphatic carbocycles. The highest BCUT2D eigenvalue weighted by Gasteiger charge is 2.44. The molecule has 0 bridgehead atoms. The number of aldehydes is 1. The van der Waals surface area contributed by atoms with E-state index in [1.807, 2.05) is 0 Å². The Kier molecular flexibility index (Phi) is 6.20. The molecule has 0 saturated carbocycles. The molecule has 1 N–H and O–H groups in total. The van der Waals surface area contributed by atoms with Crippen LogP contribution in [0.4, 0.5) is 0 Å². The highest BCUT2D eigenvalue weighted by molar-refractivity contribution is 7.80. The minimum Gasteiger partial charge on any atom is -0.333 e. The van der Waals surface area contributed by atoms with Crippen LogP contribution in [0.1, 0.15) is 43.2 Å². The van der Waals surface area contributed by atoms with E-state index < -0.39 is 18.0 Å². The normalized spacial score (nSPS) is 29.0. The molecule has 0 spiro atoms. The van der Waals surface area contributed by atoms with Crippen LogP contribution in [-0.2, 0) is 27.2 Å². The molecule has 0 aromatic heterocycles. The number of carbonyl (C=O) groups excluding carboxylic acids is 3. The molecule has 1 amide bonds. The van der Waals surface area contributed by atoms with E-state index >= 15 is 0 Å². The van der Waals surface area contributed by atoms with E-state index in [2.05, 4.69) is 29.6 Å². The van der Waals surface area contributed by atoms with Crippen molar-refractivity contribution in [3.8, 4) is 0 Å². The summed E-state index contributed by atoms with van der Waals surface area (Å²) < 4.78 is 0. The topological polar surface area (TPSA) is 66.5 Å². The van der Waals surface area contributed by atoms with Crippen LogP contribution < -0.4 is 5.32 Å². The number of amides is 1. The van der Waals surface area contributed by atoms with Crippen molar-refractivity contribution in [1.82, 2.24) is 10.2 Å². The Labute approximate surface area is 177 Å². The van der Waals surface area contributed by atoms with Gasteiger partial charge in [0.25, 0.3) is 0 Å². The summed E-state index contributed by atoms with van der Waals surface area (Å²) in [6.45, 7) is 1.04. The number of hydrogen-bond acceptors (Lipinski definition) is 5. The fourth-order valence-electron chi connectivity index (χ4n) is 5.17. The predicted molar refractivity (Wildman–Crippen MR) is 115 cm³/mol. The number of thiocarbonyl (C=S) groups is 1. The molecule has 4 atom stereocenters. The zero-order valence-electron chi connectivity index (χ0n) is 16.6. The first-order valence-corrected chi connectivity index (χ1v) is 11.1. The molecular formula is C23H28N2O3S. The van der Waals surface area contributed by atoms with E-state index in [4.69, 9.17) is 12.2 Å². The first kappa shape index (κ1) is 20.4. The summed E-state index contributed by atoms with van der Waals surface area (Å²) in [7, 11) is 0. The maximum atomic E-state index is 13.1. The lowest BCUT2D eigenvalue weighted by atomic mass is 9.81. The zero-order chi connectivity index (χ0) is 20.4. The molecule has 5 nitrogen and oxygen atoms in total. The Morgan fingerprint density at radius 3 is 2.79 bits per heavy atom. The van der Waals surface area contributed by atoms with Gasteiger partial charge in [-0.1, -0.05) is 36.5 Å². The van der Waals surface area contributed by atoms with Crippen molar-refractivity contribution >= 4 is 35.1 Å². The van der Waals surface area contributed by atoms with E-state index in [-0.39, 0.29) is 11.7 Å². The standard InChI is InChI=1S/C23H28N2O3S/c26-14-18-22(20(29)13-24-18)23(28)19-6-3-11-25(19)21(27)10-8-15-7-9-16-4-1-2-5-17(16)12-15/h1-2,4-5,14-15,18-19,22,24H,3,6-13H2/t15-,18-,19+,22?/m1/s1. The Morgan fingerprint density at radius 2 is 2.00 bits per heavy atom. The van der Waals surface area contributed by atoms with Gasteiger partial charge in [-0.05, 0) is 55.6 Å². The lowest BCUT2D eigenvalue weighted by Crippen LogP contribution is -2.47. The number of likely N-dealkylation sites (tertiary alicyclic amines) is 1. The van der Waals surface area contributed by atoms with Crippen LogP contribution in [0.3, 0.4) is 0 Å². The van der Waals surface area contributed by atoms with Gasteiger partial charge in [-0.25, -0.2) is 0 Å². The summed E-state index contributed by atoms with van der Waals surface area (Å²) in [5.74, 6) is -0.0406. The van der Waals surface area contributed by atoms with Gasteiger partial charge in [-0.3, -0.25) is 9.59 Å². The lowest BCUT2D eigenvalue weighted by molar-refractivity contribution is -0.138. The van der Waals surface area contributed by atoms with Gasteiger partial charge in [-0.15, -0.1) is 0 Å². The molecular weight excluding hydrogens is 384 g/mol. The fourth-order valence-corrected chi connectivity index (χ4v) is 5.51. The van der Waals surface area contributed by atoms with Gasteiger partial charge in [0.1, 0.15) is 6.29 Å². The van der Waals surface area contributed by atoms with Crippen molar-refractivity contribution in [1.29, 1.82) is 0 Å². The van der Waals surface area contributed by atoms with Gasteiger partial charge >= 0.3 is 0 Å². The van der Waals surface area contributed by atoms with Crippen molar-refractivity contribution in [2.75, 3.05) is 13.1 Å². The number of nitrogens with zero attached hydrogens (tertiary/aromatic N) is 1. The number of benzene rings is 1. The van der Waals surface area contributed by atoms with Crippen LogP contribution in [0.5, 0.6) is 0 Å². The second kappa shape index (κ2) is 8.84. The molecule has 154 valence electrons. The molecule has 1 unspecified atom stereocenters. The van der Waals surface area contributed by atoms with E-state index in [1.165, 1.54) is 11.1 Å². The van der Waals surface area contributed by atoms with Crippen LogP contribution in [0.25, 0.3) is 0 Å². The minimum atomic E-state index is -0.573. The monoisotopic (exact) mass is 412 g/mol. The maximum Gasteiger partial charge on any atom is 0.223 e. The molecule has 4 rings (SSSR count).